The van der Waals surface area contributed by atoms with Crippen LogP contribution in [-0.4, -0.2) is 32.4 Å². The predicted octanol–water partition coefficient (Wildman–Crippen LogP) is 1.48. The van der Waals surface area contributed by atoms with Crippen molar-refractivity contribution < 1.29 is 19.1 Å². The molecule has 0 saturated heterocycles. The van der Waals surface area contributed by atoms with Crippen LogP contribution in [0.3, 0.4) is 0 Å². The van der Waals surface area contributed by atoms with Gasteiger partial charge in [0.25, 0.3) is 0 Å². The molecular formula is C11H17NO4. The van der Waals surface area contributed by atoms with E-state index in [1.54, 1.807) is 6.21 Å². The zero-order chi connectivity index (χ0) is 12.4. The molecule has 0 radical (unpaired) electrons. The molecule has 5 heteroatoms. The van der Waals surface area contributed by atoms with E-state index in [9.17, 15) is 9.59 Å². The molecular weight excluding hydrogens is 210 g/mol. The van der Waals surface area contributed by atoms with Gasteiger partial charge in [-0.15, -0.1) is 0 Å². The molecule has 5 nitrogen and oxygen atoms in total. The van der Waals surface area contributed by atoms with Gasteiger partial charge in [0.2, 0.25) is 0 Å². The molecule has 0 heterocycles. The van der Waals surface area contributed by atoms with Gasteiger partial charge in [-0.2, -0.15) is 0 Å². The summed E-state index contributed by atoms with van der Waals surface area (Å²) in [5.41, 5.74) is 0.182. The second kappa shape index (κ2) is 8.64. The van der Waals surface area contributed by atoms with Crippen LogP contribution in [0.2, 0.25) is 0 Å². The standard InChI is InChI=1S/C11H17NO4/c1-4-5-6-12-8-9(11(14)16-3)7-10(13)15-2/h6,8H,4-5,7H2,1-3H3/b9-8+,12-6-. The van der Waals surface area contributed by atoms with Crippen molar-refractivity contribution in [1.82, 2.24) is 0 Å². The summed E-state index contributed by atoms with van der Waals surface area (Å²) >= 11 is 0. The number of esters is 2. The maximum Gasteiger partial charge on any atom is 0.335 e. The summed E-state index contributed by atoms with van der Waals surface area (Å²) in [6, 6.07) is 0. The van der Waals surface area contributed by atoms with Gasteiger partial charge in [-0.25, -0.2) is 4.79 Å². The quantitative estimate of drug-likeness (QED) is 0.391. The van der Waals surface area contributed by atoms with E-state index in [4.69, 9.17) is 0 Å². The number of carbonyl (C=O) groups excluding carboxylic acids is 2. The Kier molecular flexibility index (Phi) is 7.75. The first-order valence-corrected chi connectivity index (χ1v) is 5.01. The second-order valence-corrected chi connectivity index (χ2v) is 3.02. The molecule has 0 aromatic heterocycles. The van der Waals surface area contributed by atoms with Crippen LogP contribution in [0.4, 0.5) is 0 Å². The average Bonchev–Trinajstić information content (AvgIpc) is 2.31. The zero-order valence-corrected chi connectivity index (χ0v) is 9.86. The molecule has 0 aliphatic heterocycles. The third-order valence-corrected chi connectivity index (χ3v) is 1.76. The lowest BCUT2D eigenvalue weighted by Gasteiger charge is -2.02. The maximum atomic E-state index is 11.3. The topological polar surface area (TPSA) is 65.0 Å². The van der Waals surface area contributed by atoms with Crippen LogP contribution in [0.1, 0.15) is 26.2 Å². The Hall–Kier alpha value is -1.65. The number of unbranched alkanes of at least 4 members (excludes halogenated alkanes) is 1. The number of hydrogen-bond acceptors (Lipinski definition) is 5. The molecule has 0 aromatic carbocycles. The van der Waals surface area contributed by atoms with Crippen molar-refractivity contribution in [3.63, 3.8) is 0 Å². The van der Waals surface area contributed by atoms with Crippen LogP contribution < -0.4 is 0 Å². The summed E-state index contributed by atoms with van der Waals surface area (Å²) in [4.78, 5) is 26.2. The Labute approximate surface area is 95.1 Å². The second-order valence-electron chi connectivity index (χ2n) is 3.02. The van der Waals surface area contributed by atoms with E-state index in [2.05, 4.69) is 14.5 Å². The number of nitrogens with zero attached hydrogens (tertiary/aromatic N) is 1. The number of carbonyl (C=O) groups is 2. The third kappa shape index (κ3) is 5.95. The third-order valence-electron chi connectivity index (χ3n) is 1.76. The summed E-state index contributed by atoms with van der Waals surface area (Å²) < 4.78 is 8.99. The van der Waals surface area contributed by atoms with E-state index in [0.717, 1.165) is 12.8 Å². The van der Waals surface area contributed by atoms with Gasteiger partial charge < -0.3 is 9.47 Å². The van der Waals surface area contributed by atoms with Crippen molar-refractivity contribution >= 4 is 18.2 Å². The van der Waals surface area contributed by atoms with E-state index in [1.807, 2.05) is 6.92 Å². The first kappa shape index (κ1) is 14.3. The zero-order valence-electron chi connectivity index (χ0n) is 9.86. The largest absolute Gasteiger partial charge is 0.469 e. The monoisotopic (exact) mass is 227 g/mol. The van der Waals surface area contributed by atoms with Crippen LogP contribution in [0.15, 0.2) is 16.8 Å². The average molecular weight is 227 g/mol. The summed E-state index contributed by atoms with van der Waals surface area (Å²) in [6.45, 7) is 2.02. The van der Waals surface area contributed by atoms with E-state index in [-0.39, 0.29) is 12.0 Å². The summed E-state index contributed by atoms with van der Waals surface area (Å²) in [6.07, 6.45) is 4.68. The summed E-state index contributed by atoms with van der Waals surface area (Å²) in [7, 11) is 2.51. The van der Waals surface area contributed by atoms with Crippen LogP contribution in [0, 0.1) is 0 Å². The molecule has 0 aliphatic rings. The normalized spacial score (nSPS) is 11.6. The van der Waals surface area contributed by atoms with Gasteiger partial charge in [-0.05, 0) is 6.42 Å². The smallest absolute Gasteiger partial charge is 0.335 e. The lowest BCUT2D eigenvalue weighted by Crippen LogP contribution is -2.10. The molecule has 0 saturated carbocycles. The Morgan fingerprint density at radius 2 is 1.94 bits per heavy atom. The Morgan fingerprint density at radius 3 is 2.44 bits per heavy atom. The number of methoxy groups -OCH3 is 2. The highest BCUT2D eigenvalue weighted by Crippen LogP contribution is 2.05. The summed E-state index contributed by atoms with van der Waals surface area (Å²) in [5, 5.41) is 0. The van der Waals surface area contributed by atoms with Gasteiger partial charge in [-0.1, -0.05) is 13.3 Å². The fourth-order valence-electron chi connectivity index (χ4n) is 0.876. The lowest BCUT2D eigenvalue weighted by atomic mass is 10.2. The first-order chi connectivity index (χ1) is 7.65. The fourth-order valence-corrected chi connectivity index (χ4v) is 0.876. The van der Waals surface area contributed by atoms with Crippen molar-refractivity contribution in [2.45, 2.75) is 26.2 Å². The molecule has 90 valence electrons. The number of aliphatic imine (C=N–C) groups is 1. The maximum absolute atomic E-state index is 11.3. The highest BCUT2D eigenvalue weighted by atomic mass is 16.5. The molecule has 16 heavy (non-hydrogen) atoms. The molecule has 0 rings (SSSR count). The first-order valence-electron chi connectivity index (χ1n) is 5.01. The van der Waals surface area contributed by atoms with Crippen molar-refractivity contribution in [3.05, 3.63) is 11.8 Å². The minimum Gasteiger partial charge on any atom is -0.469 e. The Bertz CT molecular complexity index is 294. The van der Waals surface area contributed by atoms with Crippen molar-refractivity contribution in [2.75, 3.05) is 14.2 Å². The number of rotatable bonds is 6. The highest BCUT2D eigenvalue weighted by Gasteiger charge is 2.14. The molecule has 0 spiro atoms. The number of hydrogen-bond donors (Lipinski definition) is 0. The molecule has 0 bridgehead atoms. The van der Waals surface area contributed by atoms with Gasteiger partial charge >= 0.3 is 11.9 Å². The SMILES string of the molecule is CCC/C=N\C=C(/CC(=O)OC)C(=O)OC. The van der Waals surface area contributed by atoms with Gasteiger partial charge in [0, 0.05) is 12.4 Å². The molecule has 0 atom stereocenters. The molecule has 0 N–H and O–H groups in total. The van der Waals surface area contributed by atoms with Crippen LogP contribution >= 0.6 is 0 Å². The highest BCUT2D eigenvalue weighted by molar-refractivity contribution is 5.93. The minimum absolute atomic E-state index is 0.132. The molecule has 0 aliphatic carbocycles. The van der Waals surface area contributed by atoms with Crippen LogP contribution in [0.5, 0.6) is 0 Å². The predicted molar refractivity (Wildman–Crippen MR) is 60.1 cm³/mol. The number of ether oxygens (including phenoxy) is 2. The van der Waals surface area contributed by atoms with Crippen LogP contribution in [0.25, 0.3) is 0 Å². The molecule has 0 unspecified atom stereocenters. The Morgan fingerprint density at radius 1 is 1.25 bits per heavy atom. The fraction of sp³-hybridized carbons (Fsp3) is 0.545. The molecule has 0 aromatic rings. The van der Waals surface area contributed by atoms with E-state index in [0.29, 0.717) is 0 Å². The van der Waals surface area contributed by atoms with E-state index < -0.39 is 11.9 Å². The van der Waals surface area contributed by atoms with Gasteiger partial charge in [-0.3, -0.25) is 9.79 Å². The summed E-state index contributed by atoms with van der Waals surface area (Å²) in [5.74, 6) is -1.07. The van der Waals surface area contributed by atoms with Crippen molar-refractivity contribution in [1.29, 1.82) is 0 Å². The lowest BCUT2D eigenvalue weighted by molar-refractivity contribution is -0.143. The van der Waals surface area contributed by atoms with Gasteiger partial charge in [0.05, 0.1) is 26.2 Å². The minimum atomic E-state index is -0.570. The Balaban J connectivity index is 4.53. The van der Waals surface area contributed by atoms with Gasteiger partial charge in [0.1, 0.15) is 0 Å². The van der Waals surface area contributed by atoms with Crippen molar-refractivity contribution in [3.8, 4) is 0 Å². The van der Waals surface area contributed by atoms with E-state index >= 15 is 0 Å². The van der Waals surface area contributed by atoms with Crippen molar-refractivity contribution in [2.24, 2.45) is 4.99 Å². The van der Waals surface area contributed by atoms with Gasteiger partial charge in [0.15, 0.2) is 0 Å². The molecule has 0 amide bonds. The molecule has 0 fully saturated rings. The van der Waals surface area contributed by atoms with E-state index in [1.165, 1.54) is 20.4 Å². The van der Waals surface area contributed by atoms with Crippen LogP contribution in [-0.2, 0) is 19.1 Å².